The Morgan fingerprint density at radius 3 is 2.83 bits per heavy atom. The van der Waals surface area contributed by atoms with Gasteiger partial charge in [-0.2, -0.15) is 5.10 Å². The van der Waals surface area contributed by atoms with Gasteiger partial charge in [0.1, 0.15) is 5.71 Å². The number of carbonyl (C=O) groups excluding carboxylic acids is 2. The van der Waals surface area contributed by atoms with E-state index >= 15 is 0 Å². The number of nitrogens with two attached hydrogens (primary N) is 1. The summed E-state index contributed by atoms with van der Waals surface area (Å²) in [6.07, 6.45) is 0.632. The monoisotopic (exact) mass is 246 g/mol. The summed E-state index contributed by atoms with van der Waals surface area (Å²) in [5.74, 6) is -0.482. The Balaban J connectivity index is 2.09. The van der Waals surface area contributed by atoms with Gasteiger partial charge in [0.25, 0.3) is 5.91 Å². The summed E-state index contributed by atoms with van der Waals surface area (Å²) in [6, 6.07) is 7.30. The molecule has 0 unspecified atom stereocenters. The van der Waals surface area contributed by atoms with Crippen molar-refractivity contribution in [2.75, 3.05) is 5.32 Å². The molecule has 1 aromatic rings. The molecule has 1 aliphatic heterocycles. The van der Waals surface area contributed by atoms with Gasteiger partial charge < -0.3 is 11.1 Å². The van der Waals surface area contributed by atoms with Crippen molar-refractivity contribution in [2.24, 2.45) is 10.8 Å². The molecular weight excluding hydrogens is 232 g/mol. The smallest absolute Gasteiger partial charge is 0.271 e. The molecule has 6 heteroatoms. The van der Waals surface area contributed by atoms with Crippen molar-refractivity contribution in [3.05, 3.63) is 29.8 Å². The highest BCUT2D eigenvalue weighted by Crippen LogP contribution is 2.14. The fourth-order valence-corrected chi connectivity index (χ4v) is 1.65. The summed E-state index contributed by atoms with van der Waals surface area (Å²) in [6.45, 7) is 0.347. The van der Waals surface area contributed by atoms with Crippen LogP contribution in [0.4, 0.5) is 5.69 Å². The van der Waals surface area contributed by atoms with Crippen LogP contribution in [-0.4, -0.2) is 17.5 Å². The fraction of sp³-hybridized carbons (Fsp3) is 0.250. The number of hydrazone groups is 1. The number of amides is 2. The maximum atomic E-state index is 11.9. The molecule has 2 amide bonds. The molecule has 94 valence electrons. The van der Waals surface area contributed by atoms with Gasteiger partial charge in [-0.15, -0.1) is 0 Å². The van der Waals surface area contributed by atoms with Crippen molar-refractivity contribution in [3.63, 3.8) is 0 Å². The fourth-order valence-electron chi connectivity index (χ4n) is 1.65. The highest BCUT2D eigenvalue weighted by Gasteiger charge is 2.18. The molecule has 0 radical (unpaired) electrons. The first-order valence-corrected chi connectivity index (χ1v) is 5.65. The van der Waals surface area contributed by atoms with Crippen LogP contribution in [0.15, 0.2) is 29.4 Å². The maximum absolute atomic E-state index is 11.9. The Kier molecular flexibility index (Phi) is 3.69. The van der Waals surface area contributed by atoms with Crippen LogP contribution in [0.2, 0.25) is 0 Å². The van der Waals surface area contributed by atoms with Gasteiger partial charge in [-0.3, -0.25) is 9.59 Å². The molecule has 0 atom stereocenters. The van der Waals surface area contributed by atoms with E-state index in [-0.39, 0.29) is 18.2 Å². The molecule has 6 nitrogen and oxygen atoms in total. The molecule has 0 fully saturated rings. The lowest BCUT2D eigenvalue weighted by atomic mass is 10.1. The lowest BCUT2D eigenvalue weighted by Crippen LogP contribution is -2.33. The Labute approximate surface area is 104 Å². The van der Waals surface area contributed by atoms with Crippen LogP contribution < -0.4 is 16.5 Å². The average Bonchev–Trinajstić information content (AvgIpc) is 2.40. The molecule has 0 bridgehead atoms. The molecule has 18 heavy (non-hydrogen) atoms. The molecule has 1 aromatic carbocycles. The van der Waals surface area contributed by atoms with Crippen LogP contribution in [0.3, 0.4) is 0 Å². The predicted molar refractivity (Wildman–Crippen MR) is 67.8 cm³/mol. The number of nitrogens with one attached hydrogen (secondary N) is 2. The number of nitrogens with zero attached hydrogens (tertiary/aromatic N) is 1. The quantitative estimate of drug-likeness (QED) is 0.718. The van der Waals surface area contributed by atoms with Gasteiger partial charge in [-0.05, 0) is 11.6 Å². The zero-order chi connectivity index (χ0) is 13.0. The molecule has 1 aliphatic rings. The van der Waals surface area contributed by atoms with Gasteiger partial charge in [-0.1, -0.05) is 18.2 Å². The van der Waals surface area contributed by atoms with Crippen molar-refractivity contribution >= 4 is 23.2 Å². The van der Waals surface area contributed by atoms with Crippen molar-refractivity contribution in [1.82, 2.24) is 5.43 Å². The van der Waals surface area contributed by atoms with Crippen LogP contribution in [0.5, 0.6) is 0 Å². The first-order valence-electron chi connectivity index (χ1n) is 5.65. The van der Waals surface area contributed by atoms with Crippen molar-refractivity contribution in [2.45, 2.75) is 19.4 Å². The molecule has 0 saturated carbocycles. The van der Waals surface area contributed by atoms with E-state index in [1.807, 2.05) is 18.2 Å². The van der Waals surface area contributed by atoms with E-state index in [0.717, 1.165) is 5.56 Å². The standard InChI is InChI=1S/C12H14N4O2/c13-7-8-3-1-2-4-9(8)14-12(18)10-5-6-11(17)16-15-10/h1-4H,5-7,13H2,(H,14,18)(H,16,17). The highest BCUT2D eigenvalue weighted by atomic mass is 16.2. The Morgan fingerprint density at radius 2 is 2.17 bits per heavy atom. The second-order valence-corrected chi connectivity index (χ2v) is 3.91. The van der Waals surface area contributed by atoms with E-state index in [1.54, 1.807) is 6.07 Å². The summed E-state index contributed by atoms with van der Waals surface area (Å²) in [7, 11) is 0. The third kappa shape index (κ3) is 2.72. The highest BCUT2D eigenvalue weighted by molar-refractivity contribution is 6.43. The van der Waals surface area contributed by atoms with Gasteiger partial charge in [-0.25, -0.2) is 5.43 Å². The largest absolute Gasteiger partial charge is 0.326 e. The molecule has 0 spiro atoms. The van der Waals surface area contributed by atoms with E-state index < -0.39 is 0 Å². The van der Waals surface area contributed by atoms with Crippen molar-refractivity contribution in [3.8, 4) is 0 Å². The molecule has 0 aromatic heterocycles. The van der Waals surface area contributed by atoms with Crippen LogP contribution in [0.1, 0.15) is 18.4 Å². The summed E-state index contributed by atoms with van der Waals surface area (Å²) in [5.41, 5.74) is 9.72. The van der Waals surface area contributed by atoms with E-state index in [4.69, 9.17) is 5.73 Å². The molecule has 1 heterocycles. The summed E-state index contributed by atoms with van der Waals surface area (Å²) < 4.78 is 0. The lowest BCUT2D eigenvalue weighted by Gasteiger charge is -2.13. The summed E-state index contributed by atoms with van der Waals surface area (Å²) in [5, 5.41) is 6.48. The second-order valence-electron chi connectivity index (χ2n) is 3.91. The van der Waals surface area contributed by atoms with Crippen LogP contribution in [0, 0.1) is 0 Å². The van der Waals surface area contributed by atoms with Crippen molar-refractivity contribution in [1.29, 1.82) is 0 Å². The summed E-state index contributed by atoms with van der Waals surface area (Å²) in [4.78, 5) is 22.8. The minimum absolute atomic E-state index is 0.172. The van der Waals surface area contributed by atoms with Crippen LogP contribution in [0.25, 0.3) is 0 Å². The topological polar surface area (TPSA) is 96.6 Å². The predicted octanol–water partition coefficient (Wildman–Crippen LogP) is 0.350. The van der Waals surface area contributed by atoms with Gasteiger partial charge in [0, 0.05) is 25.1 Å². The van der Waals surface area contributed by atoms with Gasteiger partial charge in [0.2, 0.25) is 5.91 Å². The Bertz CT molecular complexity index is 511. The number of benzene rings is 1. The number of hydrogen-bond acceptors (Lipinski definition) is 4. The van der Waals surface area contributed by atoms with Crippen LogP contribution >= 0.6 is 0 Å². The Morgan fingerprint density at radius 1 is 1.39 bits per heavy atom. The number of anilines is 1. The SMILES string of the molecule is NCc1ccccc1NC(=O)C1=NNC(=O)CC1. The average molecular weight is 246 g/mol. The van der Waals surface area contributed by atoms with E-state index in [2.05, 4.69) is 15.8 Å². The minimum Gasteiger partial charge on any atom is -0.326 e. The number of para-hydroxylation sites is 1. The third-order valence-corrected chi connectivity index (χ3v) is 2.65. The zero-order valence-corrected chi connectivity index (χ0v) is 9.77. The van der Waals surface area contributed by atoms with E-state index in [0.29, 0.717) is 24.4 Å². The molecular formula is C12H14N4O2. The van der Waals surface area contributed by atoms with Gasteiger partial charge >= 0.3 is 0 Å². The lowest BCUT2D eigenvalue weighted by molar-refractivity contribution is -0.121. The van der Waals surface area contributed by atoms with E-state index in [9.17, 15) is 9.59 Å². The minimum atomic E-state index is -0.309. The number of carbonyl (C=O) groups is 2. The summed E-state index contributed by atoms with van der Waals surface area (Å²) >= 11 is 0. The second kappa shape index (κ2) is 5.42. The third-order valence-electron chi connectivity index (χ3n) is 2.65. The zero-order valence-electron chi connectivity index (χ0n) is 9.77. The normalized spacial score (nSPS) is 14.7. The van der Waals surface area contributed by atoms with E-state index in [1.165, 1.54) is 0 Å². The van der Waals surface area contributed by atoms with Crippen molar-refractivity contribution < 1.29 is 9.59 Å². The molecule has 2 rings (SSSR count). The number of rotatable bonds is 3. The maximum Gasteiger partial charge on any atom is 0.271 e. The first-order chi connectivity index (χ1) is 8.70. The molecule has 0 aliphatic carbocycles. The van der Waals surface area contributed by atoms with Gasteiger partial charge in [0.05, 0.1) is 0 Å². The first kappa shape index (κ1) is 12.3. The Hall–Kier alpha value is -2.21. The molecule has 0 saturated heterocycles. The molecule has 4 N–H and O–H groups in total. The number of hydrogen-bond donors (Lipinski definition) is 3. The van der Waals surface area contributed by atoms with Crippen LogP contribution in [-0.2, 0) is 16.1 Å². The van der Waals surface area contributed by atoms with Gasteiger partial charge in [0.15, 0.2) is 0 Å².